The van der Waals surface area contributed by atoms with Gasteiger partial charge in [0.2, 0.25) is 59.1 Å². The molecule has 0 aromatic carbocycles. The zero-order chi connectivity index (χ0) is 56.3. The van der Waals surface area contributed by atoms with Gasteiger partial charge in [0, 0.05) is 12.2 Å². The first kappa shape index (κ1) is 66.8. The number of hydrogen-bond acceptors (Lipinski definition) is 18. The highest BCUT2D eigenvalue weighted by molar-refractivity contribution is 7.80. The molecule has 0 saturated heterocycles. The van der Waals surface area contributed by atoms with Crippen LogP contribution in [0.1, 0.15) is 92.9 Å². The molecule has 0 bridgehead atoms. The summed E-state index contributed by atoms with van der Waals surface area (Å²) in [6, 6.07) is -14.0. The standard InChI is InChI=1S/C43H76N12O17S/c1-7-20(4)33(42(70)53-28(18-73)40(68)51-25(14-19(2)3)37(65)55-34(22(6)58)43(71)72)54-38(66)26(15-29(45)59)52-39(67)27(17-56)48-30(60)16-47-35(63)24(11-12-31(61)62)49-36(64)23(10-8-9-13-44)50-41(69)32(46)21(5)57/h19-28,32-34,56-58,73H,7-18,44,46H2,1-6H3,(H2,45,59)(H,47,63)(H,48,60)(H,49,64)(H,50,69)(H,51,68)(H,52,67)(H,53,70)(H,54,66)(H,55,65)(H,61,62)(H,71,72)/t20-,21+,22+,23-,24-,25-,26-,27-,28-,32-,33-,34-/m0/s1. The normalized spacial score (nSPS) is 16.1. The Hall–Kier alpha value is -6.21. The van der Waals surface area contributed by atoms with Gasteiger partial charge in [-0.05, 0) is 64.3 Å². The number of aliphatic carboxylic acids is 2. The first-order valence-electron chi connectivity index (χ1n) is 23.5. The molecule has 30 heteroatoms. The molecule has 416 valence electrons. The number of aliphatic hydroxyl groups excluding tert-OH is 3. The number of carbonyl (C=O) groups excluding carboxylic acids is 10. The van der Waals surface area contributed by atoms with E-state index in [9.17, 15) is 83.1 Å². The first-order valence-corrected chi connectivity index (χ1v) is 24.1. The zero-order valence-electron chi connectivity index (χ0n) is 41.8. The predicted octanol–water partition coefficient (Wildman–Crippen LogP) is -6.96. The Morgan fingerprint density at radius 2 is 1.07 bits per heavy atom. The van der Waals surface area contributed by atoms with Crippen molar-refractivity contribution in [3.8, 4) is 0 Å². The SMILES string of the molecule is CC[C@H](C)[C@H](NC(=O)[C@H](CC(N)=O)NC(=O)[C@H](CO)NC(=O)CNC(=O)[C@H](CCC(=O)O)NC(=O)[C@H](CCCCN)NC(=O)[C@@H](N)[C@@H](C)O)C(=O)N[C@@H](CS)C(=O)N[C@@H](CC(C)C)C(=O)N[C@H](C(=O)O)[C@@H](C)O. The summed E-state index contributed by atoms with van der Waals surface area (Å²) < 4.78 is 0. The molecule has 0 aromatic heterocycles. The molecule has 0 spiro atoms. The third-order valence-corrected chi connectivity index (χ3v) is 11.3. The Balaban J connectivity index is 6.16. The van der Waals surface area contributed by atoms with Crippen LogP contribution in [-0.2, 0) is 57.5 Å². The molecular formula is C43H76N12O17S. The molecular weight excluding hydrogens is 989 g/mol. The van der Waals surface area contributed by atoms with Gasteiger partial charge in [0.05, 0.1) is 31.8 Å². The number of carboxylic acid groups (broad SMARTS) is 2. The summed E-state index contributed by atoms with van der Waals surface area (Å²) in [6.45, 7) is 7.22. The number of amides is 10. The number of nitrogens with one attached hydrogen (secondary N) is 9. The van der Waals surface area contributed by atoms with Crippen molar-refractivity contribution in [3.63, 3.8) is 0 Å². The van der Waals surface area contributed by atoms with E-state index < -0.39 is 176 Å². The van der Waals surface area contributed by atoms with Gasteiger partial charge in [-0.1, -0.05) is 34.1 Å². The van der Waals surface area contributed by atoms with Crippen molar-refractivity contribution < 1.29 is 83.1 Å². The number of unbranched alkanes of at least 4 members (excludes halogenated alkanes) is 1. The molecule has 0 unspecified atom stereocenters. The summed E-state index contributed by atoms with van der Waals surface area (Å²) in [5.74, 6) is -14.5. The van der Waals surface area contributed by atoms with Crippen LogP contribution < -0.4 is 65.1 Å². The minimum Gasteiger partial charge on any atom is -0.481 e. The summed E-state index contributed by atoms with van der Waals surface area (Å²) in [4.78, 5) is 154. The second-order valence-electron chi connectivity index (χ2n) is 17.7. The molecule has 0 aliphatic heterocycles. The predicted molar refractivity (Wildman–Crippen MR) is 261 cm³/mol. The largest absolute Gasteiger partial charge is 0.481 e. The summed E-state index contributed by atoms with van der Waals surface area (Å²) >= 11 is 4.15. The van der Waals surface area contributed by atoms with Gasteiger partial charge in [-0.3, -0.25) is 52.7 Å². The average molecular weight is 1070 g/mol. The first-order chi connectivity index (χ1) is 34.0. The quantitative estimate of drug-likeness (QED) is 0.0205. The van der Waals surface area contributed by atoms with E-state index in [1.165, 1.54) is 6.92 Å². The van der Waals surface area contributed by atoms with E-state index in [4.69, 9.17) is 17.2 Å². The van der Waals surface area contributed by atoms with Crippen LogP contribution in [0.3, 0.4) is 0 Å². The van der Waals surface area contributed by atoms with Crippen molar-refractivity contribution in [2.45, 2.75) is 159 Å². The highest BCUT2D eigenvalue weighted by Gasteiger charge is 2.36. The molecule has 0 heterocycles. The number of primary amides is 1. The Bertz CT molecular complexity index is 1910. The topological polar surface area (TPSA) is 492 Å². The second kappa shape index (κ2) is 34.3. The van der Waals surface area contributed by atoms with E-state index in [1.54, 1.807) is 27.7 Å². The van der Waals surface area contributed by atoms with Crippen LogP contribution in [0, 0.1) is 11.8 Å². The van der Waals surface area contributed by atoms with Crippen LogP contribution in [-0.4, -0.2) is 189 Å². The van der Waals surface area contributed by atoms with Crippen LogP contribution >= 0.6 is 12.6 Å². The Morgan fingerprint density at radius 3 is 1.56 bits per heavy atom. The fourth-order valence-corrected chi connectivity index (χ4v) is 6.76. The van der Waals surface area contributed by atoms with E-state index in [0.29, 0.717) is 12.8 Å². The molecule has 0 aliphatic carbocycles. The highest BCUT2D eigenvalue weighted by atomic mass is 32.1. The maximum atomic E-state index is 13.7. The molecule has 73 heavy (non-hydrogen) atoms. The number of nitrogens with two attached hydrogens (primary N) is 3. The molecule has 20 N–H and O–H groups in total. The fourth-order valence-electron chi connectivity index (χ4n) is 6.50. The minimum atomic E-state index is -1.85. The monoisotopic (exact) mass is 1060 g/mol. The van der Waals surface area contributed by atoms with Crippen LogP contribution in [0.25, 0.3) is 0 Å². The second-order valence-corrected chi connectivity index (χ2v) is 18.1. The van der Waals surface area contributed by atoms with Gasteiger partial charge in [-0.2, -0.15) is 12.6 Å². The number of carboxylic acids is 2. The van der Waals surface area contributed by atoms with Gasteiger partial charge in [0.25, 0.3) is 0 Å². The van der Waals surface area contributed by atoms with E-state index in [2.05, 4.69) is 60.5 Å². The lowest BCUT2D eigenvalue weighted by molar-refractivity contribution is -0.145. The van der Waals surface area contributed by atoms with Crippen molar-refractivity contribution >= 4 is 83.6 Å². The molecule has 0 radical (unpaired) electrons. The maximum Gasteiger partial charge on any atom is 0.328 e. The number of aliphatic hydroxyl groups is 3. The molecule has 12 atom stereocenters. The molecule has 29 nitrogen and oxygen atoms in total. The van der Waals surface area contributed by atoms with E-state index in [-0.39, 0.29) is 37.5 Å². The molecule has 0 fully saturated rings. The summed E-state index contributed by atoms with van der Waals surface area (Å²) in [7, 11) is 0. The van der Waals surface area contributed by atoms with Gasteiger partial charge >= 0.3 is 11.9 Å². The van der Waals surface area contributed by atoms with E-state index in [0.717, 1.165) is 6.92 Å². The van der Waals surface area contributed by atoms with Crippen molar-refractivity contribution in [3.05, 3.63) is 0 Å². The third kappa shape index (κ3) is 25.3. The number of hydrogen-bond donors (Lipinski definition) is 18. The van der Waals surface area contributed by atoms with Crippen molar-refractivity contribution in [2.75, 3.05) is 25.4 Å². The molecule has 0 saturated carbocycles. The van der Waals surface area contributed by atoms with Gasteiger partial charge < -0.3 is 90.6 Å². The summed E-state index contributed by atoms with van der Waals surface area (Å²) in [5, 5.41) is 68.9. The van der Waals surface area contributed by atoms with Crippen LogP contribution in [0.15, 0.2) is 0 Å². The summed E-state index contributed by atoms with van der Waals surface area (Å²) in [6.07, 6.45) is -3.79. The van der Waals surface area contributed by atoms with Crippen molar-refractivity contribution in [2.24, 2.45) is 29.0 Å². The molecule has 0 aliphatic rings. The molecule has 0 aromatic rings. The van der Waals surface area contributed by atoms with Crippen molar-refractivity contribution in [1.29, 1.82) is 0 Å². The minimum absolute atomic E-state index is 0.00548. The van der Waals surface area contributed by atoms with Gasteiger partial charge in [0.1, 0.15) is 48.3 Å². The van der Waals surface area contributed by atoms with E-state index >= 15 is 0 Å². The lowest BCUT2D eigenvalue weighted by Gasteiger charge is -2.29. The lowest BCUT2D eigenvalue weighted by Crippen LogP contribution is -2.62. The highest BCUT2D eigenvalue weighted by Crippen LogP contribution is 2.12. The Labute approximate surface area is 427 Å². The average Bonchev–Trinajstić information content (AvgIpc) is 3.31. The summed E-state index contributed by atoms with van der Waals surface area (Å²) in [5.41, 5.74) is 16.6. The molecule has 0 rings (SSSR count). The lowest BCUT2D eigenvalue weighted by atomic mass is 9.97. The smallest absolute Gasteiger partial charge is 0.328 e. The maximum absolute atomic E-state index is 13.7. The fraction of sp³-hybridized carbons (Fsp3) is 0.721. The zero-order valence-corrected chi connectivity index (χ0v) is 42.7. The third-order valence-electron chi connectivity index (χ3n) is 11.0. The van der Waals surface area contributed by atoms with Crippen LogP contribution in [0.4, 0.5) is 0 Å². The van der Waals surface area contributed by atoms with E-state index in [1.807, 2.05) is 0 Å². The number of thiol groups is 1. The number of carbonyl (C=O) groups is 12. The Kier molecular flexibility index (Phi) is 31.3. The molecule has 10 amide bonds. The van der Waals surface area contributed by atoms with Crippen LogP contribution in [0.5, 0.6) is 0 Å². The van der Waals surface area contributed by atoms with Gasteiger partial charge in [0.15, 0.2) is 6.04 Å². The number of rotatable bonds is 36. The van der Waals surface area contributed by atoms with Gasteiger partial charge in [-0.15, -0.1) is 0 Å². The Morgan fingerprint density at radius 1 is 0.575 bits per heavy atom. The van der Waals surface area contributed by atoms with Crippen molar-refractivity contribution in [1.82, 2.24) is 47.9 Å². The van der Waals surface area contributed by atoms with Gasteiger partial charge in [-0.25, -0.2) is 4.79 Å². The van der Waals surface area contributed by atoms with Crippen LogP contribution in [0.2, 0.25) is 0 Å².